The molecule has 0 spiro atoms. The van der Waals surface area contributed by atoms with Crippen LogP contribution < -0.4 is 0 Å². The Bertz CT molecular complexity index is 804. The minimum Gasteiger partial charge on any atom is -0.309 e. The molecule has 0 aliphatic heterocycles. The summed E-state index contributed by atoms with van der Waals surface area (Å²) in [6.07, 6.45) is 0. The lowest BCUT2D eigenvalue weighted by molar-refractivity contribution is 1.18. The Hall–Kier alpha value is -2.54. The second kappa shape index (κ2) is 11.1. The Labute approximate surface area is 152 Å². The van der Waals surface area contributed by atoms with Gasteiger partial charge in [-0.3, -0.25) is 0 Å². The molecule has 132 valence electrons. The van der Waals surface area contributed by atoms with Gasteiger partial charge in [0.2, 0.25) is 0 Å². The molecule has 0 saturated carbocycles. The van der Waals surface area contributed by atoms with E-state index in [9.17, 15) is 0 Å². The van der Waals surface area contributed by atoms with Crippen molar-refractivity contribution in [3.8, 4) is 5.69 Å². The van der Waals surface area contributed by atoms with E-state index in [0.29, 0.717) is 0 Å². The molecule has 0 N–H and O–H groups in total. The molecular weight excluding hydrogens is 302 g/mol. The second-order valence-corrected chi connectivity index (χ2v) is 4.71. The van der Waals surface area contributed by atoms with Crippen molar-refractivity contribution in [3.63, 3.8) is 0 Å². The molecule has 4 aromatic rings. The van der Waals surface area contributed by atoms with Crippen LogP contribution in [-0.4, -0.2) is 4.57 Å². The Kier molecular flexibility index (Phi) is 9.10. The Morgan fingerprint density at radius 3 is 1.24 bits per heavy atom. The van der Waals surface area contributed by atoms with Crippen LogP contribution in [0.3, 0.4) is 0 Å². The number of hydrogen-bond acceptors (Lipinski definition) is 0. The summed E-state index contributed by atoms with van der Waals surface area (Å²) < 4.78 is 2.32. The third-order valence-electron chi connectivity index (χ3n) is 3.59. The van der Waals surface area contributed by atoms with Gasteiger partial charge in [-0.1, -0.05) is 96.1 Å². The van der Waals surface area contributed by atoms with Crippen molar-refractivity contribution in [2.45, 2.75) is 41.5 Å². The van der Waals surface area contributed by atoms with Crippen LogP contribution in [0.1, 0.15) is 41.5 Å². The molecule has 0 fully saturated rings. The molecule has 1 heteroatoms. The number of hydrogen-bond donors (Lipinski definition) is 0. The van der Waals surface area contributed by atoms with Crippen molar-refractivity contribution in [1.82, 2.24) is 4.57 Å². The van der Waals surface area contributed by atoms with E-state index in [4.69, 9.17) is 0 Å². The van der Waals surface area contributed by atoms with Crippen molar-refractivity contribution in [2.75, 3.05) is 0 Å². The summed E-state index contributed by atoms with van der Waals surface area (Å²) in [7, 11) is 0. The van der Waals surface area contributed by atoms with E-state index in [1.54, 1.807) is 0 Å². The van der Waals surface area contributed by atoms with Crippen LogP contribution in [0.2, 0.25) is 0 Å². The average molecular weight is 334 g/mol. The number of para-hydroxylation sites is 3. The molecule has 1 nitrogen and oxygen atoms in total. The smallest absolute Gasteiger partial charge is 0.0541 e. The molecule has 0 bridgehead atoms. The predicted molar refractivity (Wildman–Crippen MR) is 115 cm³/mol. The van der Waals surface area contributed by atoms with Crippen molar-refractivity contribution >= 4 is 21.8 Å². The Morgan fingerprint density at radius 1 is 0.440 bits per heavy atom. The van der Waals surface area contributed by atoms with E-state index < -0.39 is 0 Å². The number of rotatable bonds is 1. The van der Waals surface area contributed by atoms with Gasteiger partial charge >= 0.3 is 0 Å². The normalized spacial score (nSPS) is 9.20. The van der Waals surface area contributed by atoms with Gasteiger partial charge in [0.1, 0.15) is 0 Å². The van der Waals surface area contributed by atoms with Gasteiger partial charge in [0.05, 0.1) is 11.0 Å². The number of fused-ring (bicyclic) bond motifs is 3. The Balaban J connectivity index is 0.000000475. The maximum Gasteiger partial charge on any atom is 0.0541 e. The predicted octanol–water partition coefficient (Wildman–Crippen LogP) is 7.86. The highest BCUT2D eigenvalue weighted by atomic mass is 15.0. The lowest BCUT2D eigenvalue weighted by Gasteiger charge is -2.06. The molecule has 1 heterocycles. The number of nitrogens with zero attached hydrogens (tertiary/aromatic N) is 1. The van der Waals surface area contributed by atoms with Crippen LogP contribution >= 0.6 is 0 Å². The highest BCUT2D eigenvalue weighted by molar-refractivity contribution is 6.09. The van der Waals surface area contributed by atoms with Gasteiger partial charge in [-0.05, 0) is 24.3 Å². The monoisotopic (exact) mass is 333 g/mol. The second-order valence-electron chi connectivity index (χ2n) is 4.71. The highest BCUT2D eigenvalue weighted by Crippen LogP contribution is 2.31. The molecule has 0 atom stereocenters. The molecule has 0 aliphatic rings. The van der Waals surface area contributed by atoms with Gasteiger partial charge in [0.15, 0.2) is 0 Å². The molecule has 1 aromatic heterocycles. The SMILES string of the molecule is CC.CC.CC.c1ccc(-n2c3ccccc3c3ccccc32)cc1. The summed E-state index contributed by atoms with van der Waals surface area (Å²) >= 11 is 0. The van der Waals surface area contributed by atoms with Gasteiger partial charge in [-0.2, -0.15) is 0 Å². The summed E-state index contributed by atoms with van der Waals surface area (Å²) in [4.78, 5) is 0. The van der Waals surface area contributed by atoms with E-state index in [-0.39, 0.29) is 0 Å². The first-order valence-electron chi connectivity index (χ1n) is 9.49. The zero-order valence-corrected chi connectivity index (χ0v) is 16.5. The minimum atomic E-state index is 1.21. The van der Waals surface area contributed by atoms with Gasteiger partial charge in [-0.25, -0.2) is 0 Å². The van der Waals surface area contributed by atoms with Crippen molar-refractivity contribution in [2.24, 2.45) is 0 Å². The Morgan fingerprint density at radius 2 is 0.800 bits per heavy atom. The molecule has 25 heavy (non-hydrogen) atoms. The van der Waals surface area contributed by atoms with E-state index in [2.05, 4.69) is 83.4 Å². The standard InChI is InChI=1S/C18H13N.3C2H6/c1-2-8-14(9-3-1)19-17-12-6-4-10-15(17)16-11-5-7-13-18(16)19;3*1-2/h1-13H;3*1-2H3. The zero-order valence-electron chi connectivity index (χ0n) is 16.5. The van der Waals surface area contributed by atoms with Crippen molar-refractivity contribution in [3.05, 3.63) is 78.9 Å². The molecule has 0 unspecified atom stereocenters. The lowest BCUT2D eigenvalue weighted by atomic mass is 10.2. The minimum absolute atomic E-state index is 1.21. The fourth-order valence-electron chi connectivity index (χ4n) is 2.78. The van der Waals surface area contributed by atoms with E-state index >= 15 is 0 Å². The topological polar surface area (TPSA) is 4.93 Å². The summed E-state index contributed by atoms with van der Waals surface area (Å²) in [6, 6.07) is 27.7. The molecular formula is C24H31N. The maximum atomic E-state index is 2.32. The lowest BCUT2D eigenvalue weighted by Crippen LogP contribution is -1.92. The molecule has 0 amide bonds. The highest BCUT2D eigenvalue weighted by Gasteiger charge is 2.10. The zero-order chi connectivity index (χ0) is 18.7. The largest absolute Gasteiger partial charge is 0.309 e. The first-order valence-corrected chi connectivity index (χ1v) is 9.49. The third kappa shape index (κ3) is 4.30. The number of benzene rings is 3. The van der Waals surface area contributed by atoms with Gasteiger partial charge in [0, 0.05) is 16.5 Å². The maximum absolute atomic E-state index is 2.32. The van der Waals surface area contributed by atoms with E-state index in [0.717, 1.165) is 0 Å². The fraction of sp³-hybridized carbons (Fsp3) is 0.250. The molecule has 0 saturated heterocycles. The summed E-state index contributed by atoms with van der Waals surface area (Å²) in [5.74, 6) is 0. The molecule has 4 rings (SSSR count). The quantitative estimate of drug-likeness (QED) is 0.334. The summed E-state index contributed by atoms with van der Waals surface area (Å²) in [6.45, 7) is 12.0. The van der Waals surface area contributed by atoms with Gasteiger partial charge in [0.25, 0.3) is 0 Å². The van der Waals surface area contributed by atoms with Crippen LogP contribution in [0.5, 0.6) is 0 Å². The summed E-state index contributed by atoms with van der Waals surface area (Å²) in [5, 5.41) is 2.61. The van der Waals surface area contributed by atoms with Gasteiger partial charge < -0.3 is 4.57 Å². The molecule has 0 radical (unpaired) electrons. The fourth-order valence-corrected chi connectivity index (χ4v) is 2.78. The van der Waals surface area contributed by atoms with E-state index in [1.165, 1.54) is 27.5 Å². The third-order valence-corrected chi connectivity index (χ3v) is 3.59. The number of aromatic nitrogens is 1. The van der Waals surface area contributed by atoms with Crippen molar-refractivity contribution < 1.29 is 0 Å². The molecule has 3 aromatic carbocycles. The van der Waals surface area contributed by atoms with Gasteiger partial charge in [-0.15, -0.1) is 0 Å². The van der Waals surface area contributed by atoms with Crippen LogP contribution in [0.25, 0.3) is 27.5 Å². The van der Waals surface area contributed by atoms with Crippen LogP contribution in [-0.2, 0) is 0 Å². The van der Waals surface area contributed by atoms with Crippen LogP contribution in [0.15, 0.2) is 78.9 Å². The first-order chi connectivity index (χ1) is 12.4. The van der Waals surface area contributed by atoms with E-state index in [1.807, 2.05) is 41.5 Å². The average Bonchev–Trinajstić information content (AvgIpc) is 3.08. The van der Waals surface area contributed by atoms with Crippen LogP contribution in [0, 0.1) is 0 Å². The summed E-state index contributed by atoms with van der Waals surface area (Å²) in [5.41, 5.74) is 3.73. The molecule has 0 aliphatic carbocycles. The van der Waals surface area contributed by atoms with Crippen molar-refractivity contribution in [1.29, 1.82) is 0 Å². The van der Waals surface area contributed by atoms with Crippen LogP contribution in [0.4, 0.5) is 0 Å². The first kappa shape index (κ1) is 20.5.